The second-order valence-corrected chi connectivity index (χ2v) is 7.36. The molecule has 0 saturated heterocycles. The number of rotatable bonds is 6. The molecule has 0 radical (unpaired) electrons. The third-order valence-corrected chi connectivity index (χ3v) is 4.12. The van der Waals surface area contributed by atoms with Gasteiger partial charge in [0.2, 0.25) is 10.0 Å². The molecule has 0 aliphatic rings. The van der Waals surface area contributed by atoms with Crippen molar-refractivity contribution in [3.8, 4) is 0 Å². The Morgan fingerprint density at radius 2 is 1.67 bits per heavy atom. The number of anilines is 1. The molecule has 0 saturated carbocycles. The van der Waals surface area contributed by atoms with E-state index in [1.807, 2.05) is 31.2 Å². The molecule has 2 aromatic rings. The summed E-state index contributed by atoms with van der Waals surface area (Å²) in [7, 11) is -3.22. The Hall–Kier alpha value is -2.38. The van der Waals surface area contributed by atoms with Crippen LogP contribution in [0.5, 0.6) is 0 Å². The smallest absolute Gasteiger partial charge is 0.319 e. The van der Waals surface area contributed by atoms with Gasteiger partial charge in [0.15, 0.2) is 0 Å². The first kappa shape index (κ1) is 18.0. The predicted octanol–water partition coefficient (Wildman–Crippen LogP) is 2.37. The number of benzene rings is 2. The number of hydrogen-bond donors (Lipinski definition) is 3. The normalized spacial score (nSPS) is 11.1. The van der Waals surface area contributed by atoms with Crippen molar-refractivity contribution in [2.45, 2.75) is 20.0 Å². The number of urea groups is 1. The number of hydrogen-bond acceptors (Lipinski definition) is 3. The van der Waals surface area contributed by atoms with Gasteiger partial charge in [-0.3, -0.25) is 0 Å². The SMILES string of the molecule is Cc1ccccc1CNC(=O)Nc1ccc(CNS(C)(=O)=O)cc1. The summed E-state index contributed by atoms with van der Waals surface area (Å²) in [4.78, 5) is 11.9. The molecule has 0 aromatic heterocycles. The van der Waals surface area contributed by atoms with Crippen LogP contribution in [0.15, 0.2) is 48.5 Å². The van der Waals surface area contributed by atoms with Crippen LogP contribution >= 0.6 is 0 Å². The standard InChI is InChI=1S/C17H21N3O3S/c1-13-5-3-4-6-15(13)12-18-17(21)20-16-9-7-14(8-10-16)11-19-24(2,22)23/h3-10,19H,11-12H2,1-2H3,(H2,18,20,21). The fourth-order valence-electron chi connectivity index (χ4n) is 2.08. The zero-order valence-electron chi connectivity index (χ0n) is 13.7. The van der Waals surface area contributed by atoms with Crippen molar-refractivity contribution in [3.63, 3.8) is 0 Å². The molecule has 0 heterocycles. The van der Waals surface area contributed by atoms with Crippen LogP contribution in [-0.4, -0.2) is 20.7 Å². The summed E-state index contributed by atoms with van der Waals surface area (Å²) in [6.07, 6.45) is 1.11. The quantitative estimate of drug-likeness (QED) is 0.750. The molecule has 0 fully saturated rings. The summed E-state index contributed by atoms with van der Waals surface area (Å²) in [6.45, 7) is 2.67. The molecule has 7 heteroatoms. The molecule has 2 aromatic carbocycles. The van der Waals surface area contributed by atoms with Gasteiger partial charge >= 0.3 is 6.03 Å². The highest BCUT2D eigenvalue weighted by Crippen LogP contribution is 2.10. The average molecular weight is 347 g/mol. The van der Waals surface area contributed by atoms with Gasteiger partial charge in [0, 0.05) is 18.8 Å². The monoisotopic (exact) mass is 347 g/mol. The van der Waals surface area contributed by atoms with Crippen LogP contribution in [0.4, 0.5) is 10.5 Å². The Bertz CT molecular complexity index is 802. The van der Waals surface area contributed by atoms with Crippen molar-refractivity contribution in [1.82, 2.24) is 10.0 Å². The molecule has 0 atom stereocenters. The van der Waals surface area contributed by atoms with Crippen LogP contribution < -0.4 is 15.4 Å². The molecule has 0 bridgehead atoms. The van der Waals surface area contributed by atoms with Crippen LogP contribution in [0, 0.1) is 6.92 Å². The maximum Gasteiger partial charge on any atom is 0.319 e. The summed E-state index contributed by atoms with van der Waals surface area (Å²) in [5.41, 5.74) is 3.64. The molecule has 2 amide bonds. The van der Waals surface area contributed by atoms with E-state index in [4.69, 9.17) is 0 Å². The molecule has 3 N–H and O–H groups in total. The Morgan fingerprint density at radius 1 is 1.00 bits per heavy atom. The van der Waals surface area contributed by atoms with Crippen molar-refractivity contribution in [2.24, 2.45) is 0 Å². The van der Waals surface area contributed by atoms with E-state index in [1.54, 1.807) is 24.3 Å². The first-order chi connectivity index (χ1) is 11.3. The highest BCUT2D eigenvalue weighted by molar-refractivity contribution is 7.88. The van der Waals surface area contributed by atoms with Crippen molar-refractivity contribution in [1.29, 1.82) is 0 Å². The molecule has 0 aliphatic heterocycles. The predicted molar refractivity (Wildman–Crippen MR) is 95.2 cm³/mol. The number of nitrogens with one attached hydrogen (secondary N) is 3. The van der Waals surface area contributed by atoms with E-state index >= 15 is 0 Å². The first-order valence-electron chi connectivity index (χ1n) is 7.46. The number of amides is 2. The van der Waals surface area contributed by atoms with Gasteiger partial charge < -0.3 is 10.6 Å². The topological polar surface area (TPSA) is 87.3 Å². The minimum absolute atomic E-state index is 0.221. The molecule has 24 heavy (non-hydrogen) atoms. The van der Waals surface area contributed by atoms with Crippen LogP contribution in [-0.2, 0) is 23.1 Å². The van der Waals surface area contributed by atoms with Crippen LogP contribution in [0.25, 0.3) is 0 Å². The molecule has 128 valence electrons. The van der Waals surface area contributed by atoms with E-state index in [1.165, 1.54) is 0 Å². The summed E-state index contributed by atoms with van der Waals surface area (Å²) in [5, 5.41) is 5.55. The lowest BCUT2D eigenvalue weighted by Crippen LogP contribution is -2.28. The Kier molecular flexibility index (Phi) is 5.94. The van der Waals surface area contributed by atoms with E-state index in [9.17, 15) is 13.2 Å². The fraction of sp³-hybridized carbons (Fsp3) is 0.235. The van der Waals surface area contributed by atoms with E-state index < -0.39 is 10.0 Å². The molecular formula is C17H21N3O3S. The Balaban J connectivity index is 1.84. The maximum atomic E-state index is 11.9. The maximum absolute atomic E-state index is 11.9. The molecular weight excluding hydrogens is 326 g/mol. The number of carbonyl (C=O) groups is 1. The second-order valence-electron chi connectivity index (χ2n) is 5.52. The van der Waals surface area contributed by atoms with Crippen molar-refractivity contribution in [3.05, 3.63) is 65.2 Å². The van der Waals surface area contributed by atoms with E-state index in [0.29, 0.717) is 12.2 Å². The summed E-state index contributed by atoms with van der Waals surface area (Å²) in [5.74, 6) is 0. The molecule has 0 unspecified atom stereocenters. The highest BCUT2D eigenvalue weighted by Gasteiger charge is 2.04. The zero-order chi connectivity index (χ0) is 17.6. The highest BCUT2D eigenvalue weighted by atomic mass is 32.2. The van der Waals surface area contributed by atoms with Crippen LogP contribution in [0.3, 0.4) is 0 Å². The van der Waals surface area contributed by atoms with Gasteiger partial charge in [-0.15, -0.1) is 0 Å². The van der Waals surface area contributed by atoms with Crippen LogP contribution in [0.1, 0.15) is 16.7 Å². The van der Waals surface area contributed by atoms with E-state index in [2.05, 4.69) is 15.4 Å². The number of carbonyl (C=O) groups excluding carboxylic acids is 1. The third kappa shape index (κ3) is 6.02. The third-order valence-electron chi connectivity index (χ3n) is 3.45. The second kappa shape index (κ2) is 7.94. The minimum atomic E-state index is -3.22. The molecule has 0 spiro atoms. The molecule has 0 aliphatic carbocycles. The van der Waals surface area contributed by atoms with Gasteiger partial charge in [0.05, 0.1) is 6.26 Å². The Morgan fingerprint density at radius 3 is 2.29 bits per heavy atom. The van der Waals surface area contributed by atoms with Gasteiger partial charge in [-0.05, 0) is 35.7 Å². The van der Waals surface area contributed by atoms with Gasteiger partial charge in [0.25, 0.3) is 0 Å². The zero-order valence-corrected chi connectivity index (χ0v) is 14.5. The van der Waals surface area contributed by atoms with E-state index in [-0.39, 0.29) is 12.6 Å². The lowest BCUT2D eigenvalue weighted by atomic mass is 10.1. The molecule has 2 rings (SSSR count). The minimum Gasteiger partial charge on any atom is -0.334 e. The van der Waals surface area contributed by atoms with Crippen molar-refractivity contribution in [2.75, 3.05) is 11.6 Å². The van der Waals surface area contributed by atoms with Gasteiger partial charge in [-0.1, -0.05) is 36.4 Å². The lowest BCUT2D eigenvalue weighted by molar-refractivity contribution is 0.251. The molecule has 6 nitrogen and oxygen atoms in total. The summed E-state index contributed by atoms with van der Waals surface area (Å²) in [6, 6.07) is 14.5. The first-order valence-corrected chi connectivity index (χ1v) is 9.35. The lowest BCUT2D eigenvalue weighted by Gasteiger charge is -2.10. The van der Waals surface area contributed by atoms with Gasteiger partial charge in [-0.2, -0.15) is 0 Å². The van der Waals surface area contributed by atoms with Crippen LogP contribution in [0.2, 0.25) is 0 Å². The largest absolute Gasteiger partial charge is 0.334 e. The number of sulfonamides is 1. The Labute approximate surface area is 142 Å². The van der Waals surface area contributed by atoms with Crippen molar-refractivity contribution < 1.29 is 13.2 Å². The van der Waals surface area contributed by atoms with Gasteiger partial charge in [0.1, 0.15) is 0 Å². The van der Waals surface area contributed by atoms with Crippen molar-refractivity contribution >= 4 is 21.7 Å². The summed E-state index contributed by atoms with van der Waals surface area (Å²) >= 11 is 0. The average Bonchev–Trinajstić information content (AvgIpc) is 2.53. The fourth-order valence-corrected chi connectivity index (χ4v) is 2.51. The number of aryl methyl sites for hydroxylation is 1. The van der Waals surface area contributed by atoms with E-state index in [0.717, 1.165) is 22.9 Å². The summed E-state index contributed by atoms with van der Waals surface area (Å²) < 4.78 is 24.5. The van der Waals surface area contributed by atoms with Gasteiger partial charge in [-0.25, -0.2) is 17.9 Å².